The number of rotatable bonds is 5. The number of carbonyl (C=O) groups is 1. The van der Waals surface area contributed by atoms with Crippen LogP contribution in [-0.2, 0) is 4.74 Å². The van der Waals surface area contributed by atoms with E-state index in [-0.39, 0.29) is 12.1 Å². The molecule has 2 aromatic rings. The van der Waals surface area contributed by atoms with E-state index in [1.165, 1.54) is 13.3 Å². The van der Waals surface area contributed by atoms with Gasteiger partial charge >= 0.3 is 5.97 Å². The molecule has 4 nitrogen and oxygen atoms in total. The van der Waals surface area contributed by atoms with Gasteiger partial charge < -0.3 is 9.47 Å². The van der Waals surface area contributed by atoms with E-state index in [0.717, 1.165) is 22.9 Å². The molecule has 22 heavy (non-hydrogen) atoms. The van der Waals surface area contributed by atoms with Crippen molar-refractivity contribution in [2.45, 2.75) is 18.9 Å². The minimum atomic E-state index is -0.352. The van der Waals surface area contributed by atoms with Crippen LogP contribution in [0.3, 0.4) is 0 Å². The van der Waals surface area contributed by atoms with Crippen LogP contribution in [0.4, 0.5) is 0 Å². The zero-order chi connectivity index (χ0) is 15.5. The minimum Gasteiger partial charge on any atom is -0.481 e. The summed E-state index contributed by atoms with van der Waals surface area (Å²) in [6.45, 7) is 0. The van der Waals surface area contributed by atoms with Crippen LogP contribution in [0, 0.1) is 5.92 Å². The zero-order valence-corrected chi connectivity index (χ0v) is 13.7. The van der Waals surface area contributed by atoms with Gasteiger partial charge in [-0.2, -0.15) is 0 Å². The lowest BCUT2D eigenvalue weighted by Gasteiger charge is -2.18. The van der Waals surface area contributed by atoms with Gasteiger partial charge in [0.2, 0.25) is 5.88 Å². The molecule has 5 heteroatoms. The van der Waals surface area contributed by atoms with Gasteiger partial charge in [-0.05, 0) is 36.6 Å². The van der Waals surface area contributed by atoms with Crippen molar-refractivity contribution in [2.24, 2.45) is 5.92 Å². The van der Waals surface area contributed by atoms with Gasteiger partial charge in [-0.15, -0.1) is 0 Å². The van der Waals surface area contributed by atoms with Gasteiger partial charge in [0.05, 0.1) is 12.7 Å². The molecular formula is C17H16BrNO3. The lowest BCUT2D eigenvalue weighted by atomic mass is 10.1. The monoisotopic (exact) mass is 361 g/mol. The highest BCUT2D eigenvalue weighted by Crippen LogP contribution is 2.43. The zero-order valence-electron chi connectivity index (χ0n) is 12.2. The number of carbonyl (C=O) groups excluding carboxylic acids is 1. The predicted octanol–water partition coefficient (Wildman–Crippen LogP) is 4.16. The number of aromatic nitrogens is 1. The quantitative estimate of drug-likeness (QED) is 0.750. The Balaban J connectivity index is 1.75. The van der Waals surface area contributed by atoms with Crippen molar-refractivity contribution in [3.8, 4) is 5.88 Å². The maximum atomic E-state index is 12.3. The first-order valence-electron chi connectivity index (χ1n) is 7.14. The number of halogens is 1. The lowest BCUT2D eigenvalue weighted by molar-refractivity contribution is 0.0241. The van der Waals surface area contributed by atoms with Crippen molar-refractivity contribution < 1.29 is 14.3 Å². The Morgan fingerprint density at radius 1 is 1.23 bits per heavy atom. The normalized spacial score (nSPS) is 15.2. The predicted molar refractivity (Wildman–Crippen MR) is 85.8 cm³/mol. The molecule has 0 spiro atoms. The molecule has 1 saturated carbocycles. The first-order chi connectivity index (χ1) is 10.7. The van der Waals surface area contributed by atoms with Crippen LogP contribution in [0.2, 0.25) is 0 Å². The average Bonchev–Trinajstić information content (AvgIpc) is 3.38. The van der Waals surface area contributed by atoms with Crippen molar-refractivity contribution >= 4 is 21.9 Å². The number of hydrogen-bond donors (Lipinski definition) is 0. The second-order valence-corrected chi connectivity index (χ2v) is 6.22. The topological polar surface area (TPSA) is 48.4 Å². The molecule has 3 rings (SSSR count). The Hall–Kier alpha value is -1.88. The SMILES string of the molecule is COc1ccc(C(=O)O[C@H](c2ccc(Br)cc2)C2CC2)cn1. The summed E-state index contributed by atoms with van der Waals surface area (Å²) in [5.74, 6) is 0.537. The van der Waals surface area contributed by atoms with E-state index in [2.05, 4.69) is 20.9 Å². The fourth-order valence-corrected chi connectivity index (χ4v) is 2.56. The van der Waals surface area contributed by atoms with Crippen LogP contribution in [0.15, 0.2) is 47.1 Å². The third-order valence-corrected chi connectivity index (χ3v) is 4.19. The Morgan fingerprint density at radius 3 is 2.50 bits per heavy atom. The summed E-state index contributed by atoms with van der Waals surface area (Å²) < 4.78 is 11.7. The van der Waals surface area contributed by atoms with E-state index in [1.54, 1.807) is 12.1 Å². The van der Waals surface area contributed by atoms with Crippen molar-refractivity contribution in [2.75, 3.05) is 7.11 Å². The molecule has 1 heterocycles. The molecule has 1 aromatic heterocycles. The number of benzene rings is 1. The molecule has 0 N–H and O–H groups in total. The van der Waals surface area contributed by atoms with Crippen LogP contribution >= 0.6 is 15.9 Å². The van der Waals surface area contributed by atoms with E-state index in [0.29, 0.717) is 17.4 Å². The summed E-state index contributed by atoms with van der Waals surface area (Å²) in [6.07, 6.45) is 3.47. The first kappa shape index (κ1) is 15.0. The molecule has 0 saturated heterocycles. The summed E-state index contributed by atoms with van der Waals surface area (Å²) in [6, 6.07) is 11.2. The minimum absolute atomic E-state index is 0.192. The van der Waals surface area contributed by atoms with Crippen LogP contribution in [0.1, 0.15) is 34.9 Å². The maximum Gasteiger partial charge on any atom is 0.340 e. The fourth-order valence-electron chi connectivity index (χ4n) is 2.29. The molecule has 0 aliphatic heterocycles. The van der Waals surface area contributed by atoms with Crippen LogP contribution in [0.25, 0.3) is 0 Å². The fraction of sp³-hybridized carbons (Fsp3) is 0.294. The van der Waals surface area contributed by atoms with Gasteiger partial charge in [-0.3, -0.25) is 0 Å². The highest BCUT2D eigenvalue weighted by molar-refractivity contribution is 9.10. The van der Waals surface area contributed by atoms with Crippen molar-refractivity contribution in [3.05, 3.63) is 58.2 Å². The largest absolute Gasteiger partial charge is 0.481 e. The number of esters is 1. The Kier molecular flexibility index (Phi) is 4.43. The van der Waals surface area contributed by atoms with Gasteiger partial charge in [0, 0.05) is 22.7 Å². The molecule has 1 aliphatic rings. The molecule has 114 valence electrons. The van der Waals surface area contributed by atoms with Crippen LogP contribution in [-0.4, -0.2) is 18.1 Å². The molecule has 0 radical (unpaired) electrons. The van der Waals surface area contributed by atoms with E-state index >= 15 is 0 Å². The number of nitrogens with zero attached hydrogens (tertiary/aromatic N) is 1. The second kappa shape index (κ2) is 6.48. The van der Waals surface area contributed by atoms with Gasteiger partial charge in [0.15, 0.2) is 0 Å². The van der Waals surface area contributed by atoms with Gasteiger partial charge in [0.1, 0.15) is 6.10 Å². The third kappa shape index (κ3) is 3.47. The highest BCUT2D eigenvalue weighted by Gasteiger charge is 2.35. The van der Waals surface area contributed by atoms with E-state index in [9.17, 15) is 4.79 Å². The Bertz CT molecular complexity index is 651. The summed E-state index contributed by atoms with van der Waals surface area (Å²) in [5.41, 5.74) is 1.46. The summed E-state index contributed by atoms with van der Waals surface area (Å²) in [7, 11) is 1.54. The molecule has 1 aromatic carbocycles. The summed E-state index contributed by atoms with van der Waals surface area (Å²) >= 11 is 3.42. The first-order valence-corrected chi connectivity index (χ1v) is 7.93. The van der Waals surface area contributed by atoms with Crippen LogP contribution in [0.5, 0.6) is 5.88 Å². The molecule has 1 aliphatic carbocycles. The number of methoxy groups -OCH3 is 1. The second-order valence-electron chi connectivity index (χ2n) is 5.30. The van der Waals surface area contributed by atoms with Gasteiger partial charge in [-0.25, -0.2) is 9.78 Å². The van der Waals surface area contributed by atoms with Gasteiger partial charge in [0.25, 0.3) is 0 Å². The molecule has 1 fully saturated rings. The summed E-state index contributed by atoms with van der Waals surface area (Å²) in [4.78, 5) is 16.4. The van der Waals surface area contributed by atoms with Crippen molar-refractivity contribution in [3.63, 3.8) is 0 Å². The Morgan fingerprint density at radius 2 is 1.95 bits per heavy atom. The molecule has 1 atom stereocenters. The lowest BCUT2D eigenvalue weighted by Crippen LogP contribution is -2.13. The molecule has 0 unspecified atom stereocenters. The van der Waals surface area contributed by atoms with Crippen molar-refractivity contribution in [1.29, 1.82) is 0 Å². The Labute approximate surface area is 137 Å². The number of ether oxygens (including phenoxy) is 2. The molecule has 0 amide bonds. The molecular weight excluding hydrogens is 346 g/mol. The van der Waals surface area contributed by atoms with Crippen molar-refractivity contribution in [1.82, 2.24) is 4.98 Å². The average molecular weight is 362 g/mol. The summed E-state index contributed by atoms with van der Waals surface area (Å²) in [5, 5.41) is 0. The standard InChI is InChI=1S/C17H16BrNO3/c1-21-15-9-6-13(10-19-15)17(20)22-16(11-2-3-11)12-4-7-14(18)8-5-12/h4-11,16H,2-3H2,1H3/t16-/m0/s1. The van der Waals surface area contributed by atoms with Crippen LogP contribution < -0.4 is 4.74 Å². The number of pyridine rings is 1. The molecule has 0 bridgehead atoms. The van der Waals surface area contributed by atoms with Gasteiger partial charge in [-0.1, -0.05) is 28.1 Å². The van der Waals surface area contributed by atoms with E-state index in [1.807, 2.05) is 24.3 Å². The third-order valence-electron chi connectivity index (χ3n) is 3.66. The maximum absolute atomic E-state index is 12.3. The van der Waals surface area contributed by atoms with E-state index < -0.39 is 0 Å². The highest BCUT2D eigenvalue weighted by atomic mass is 79.9. The smallest absolute Gasteiger partial charge is 0.340 e. The number of hydrogen-bond acceptors (Lipinski definition) is 4. The van der Waals surface area contributed by atoms with E-state index in [4.69, 9.17) is 9.47 Å².